The minimum absolute atomic E-state index is 0.0268. The summed E-state index contributed by atoms with van der Waals surface area (Å²) in [5, 5.41) is 0. The largest absolute Gasteiger partial charge is 0.296 e. The van der Waals surface area contributed by atoms with Gasteiger partial charge in [-0.2, -0.15) is 8.42 Å². The summed E-state index contributed by atoms with van der Waals surface area (Å²) in [5.74, 6) is 0. The highest BCUT2D eigenvalue weighted by Gasteiger charge is 2.27. The van der Waals surface area contributed by atoms with Crippen molar-refractivity contribution in [3.05, 3.63) is 121 Å². The van der Waals surface area contributed by atoms with Crippen LogP contribution in [0.4, 0.5) is 0 Å². The maximum absolute atomic E-state index is 11.9. The molecule has 0 spiro atoms. The standard InChI is InChI=1S/C21H21S.C18H30O3S/c1-2-9-18-14-16-21(17-15-18)22(19-10-5-3-6-11-19)20-12-7-4-8-13-20;1-2-3-4-5-6-7-8-9-10-14-17-21-22(19,20)18-15-12-11-13-16-18/h3-8,10-17H,2,9H2,1H3;11-13,15-16H,2-10,14,17H2,1H3/q+1;. The Labute approximate surface area is 270 Å². The van der Waals surface area contributed by atoms with Crippen molar-refractivity contribution in [2.24, 2.45) is 0 Å². The van der Waals surface area contributed by atoms with Crippen LogP contribution in [0.1, 0.15) is 90.0 Å². The summed E-state index contributed by atoms with van der Waals surface area (Å²) in [5.41, 5.74) is 1.43. The lowest BCUT2D eigenvalue weighted by Crippen LogP contribution is -2.07. The summed E-state index contributed by atoms with van der Waals surface area (Å²) in [7, 11) is -3.60. The first-order valence-corrected chi connectivity index (χ1v) is 19.1. The van der Waals surface area contributed by atoms with E-state index < -0.39 is 10.1 Å². The fourth-order valence-electron chi connectivity index (χ4n) is 5.02. The monoisotopic (exact) mass is 631 g/mol. The highest BCUT2D eigenvalue weighted by molar-refractivity contribution is 7.97. The molecule has 0 aliphatic heterocycles. The first-order chi connectivity index (χ1) is 21.5. The summed E-state index contributed by atoms with van der Waals surface area (Å²) >= 11 is 0. The molecule has 0 aromatic heterocycles. The molecule has 0 fully saturated rings. The lowest BCUT2D eigenvalue weighted by molar-refractivity contribution is 0.306. The van der Waals surface area contributed by atoms with Crippen LogP contribution in [0, 0.1) is 0 Å². The topological polar surface area (TPSA) is 43.4 Å². The second-order valence-corrected chi connectivity index (χ2v) is 14.7. The number of aryl methyl sites for hydroxylation is 1. The van der Waals surface area contributed by atoms with Gasteiger partial charge in [0.15, 0.2) is 14.7 Å². The molecule has 4 aromatic carbocycles. The average molecular weight is 632 g/mol. The van der Waals surface area contributed by atoms with E-state index in [1.807, 2.05) is 0 Å². The van der Waals surface area contributed by atoms with E-state index in [1.165, 1.54) is 78.0 Å². The molecule has 236 valence electrons. The first kappa shape index (κ1) is 35.6. The molecule has 44 heavy (non-hydrogen) atoms. The Balaban J connectivity index is 0.000000240. The van der Waals surface area contributed by atoms with Gasteiger partial charge in [-0.25, -0.2) is 0 Å². The molecule has 0 N–H and O–H groups in total. The average Bonchev–Trinajstić information content (AvgIpc) is 3.06. The number of hydrogen-bond acceptors (Lipinski definition) is 3. The predicted octanol–water partition coefficient (Wildman–Crippen LogP) is 11.0. The van der Waals surface area contributed by atoms with Crippen molar-refractivity contribution >= 4 is 21.0 Å². The Bertz CT molecular complexity index is 1330. The van der Waals surface area contributed by atoms with Crippen molar-refractivity contribution < 1.29 is 12.6 Å². The maximum Gasteiger partial charge on any atom is 0.296 e. The maximum atomic E-state index is 11.9. The van der Waals surface area contributed by atoms with Crippen LogP contribution in [0.3, 0.4) is 0 Å². The first-order valence-electron chi connectivity index (χ1n) is 16.4. The number of rotatable bonds is 18. The number of hydrogen-bond donors (Lipinski definition) is 0. The molecule has 4 aromatic rings. The predicted molar refractivity (Wildman–Crippen MR) is 187 cm³/mol. The molecule has 0 aliphatic rings. The smallest absolute Gasteiger partial charge is 0.266 e. The lowest BCUT2D eigenvalue weighted by atomic mass is 10.1. The molecule has 5 heteroatoms. The van der Waals surface area contributed by atoms with E-state index in [9.17, 15) is 8.42 Å². The molecule has 0 aliphatic carbocycles. The number of benzene rings is 4. The van der Waals surface area contributed by atoms with Crippen LogP contribution in [0.5, 0.6) is 0 Å². The van der Waals surface area contributed by atoms with Crippen molar-refractivity contribution in [1.82, 2.24) is 0 Å². The Morgan fingerprint density at radius 2 is 0.932 bits per heavy atom. The quantitative estimate of drug-likeness (QED) is 0.0623. The van der Waals surface area contributed by atoms with Gasteiger partial charge in [-0.3, -0.25) is 4.18 Å². The van der Waals surface area contributed by atoms with E-state index in [2.05, 4.69) is 98.8 Å². The molecule has 0 radical (unpaired) electrons. The molecule has 0 saturated heterocycles. The Morgan fingerprint density at radius 3 is 1.41 bits per heavy atom. The van der Waals surface area contributed by atoms with Gasteiger partial charge >= 0.3 is 0 Å². The Morgan fingerprint density at radius 1 is 0.500 bits per heavy atom. The fourth-order valence-corrected chi connectivity index (χ4v) is 8.06. The second kappa shape index (κ2) is 21.0. The van der Waals surface area contributed by atoms with E-state index in [4.69, 9.17) is 4.18 Å². The van der Waals surface area contributed by atoms with Gasteiger partial charge in [0.05, 0.1) is 22.4 Å². The van der Waals surface area contributed by atoms with Gasteiger partial charge < -0.3 is 0 Å². The van der Waals surface area contributed by atoms with Crippen LogP contribution in [0.2, 0.25) is 0 Å². The van der Waals surface area contributed by atoms with Crippen LogP contribution in [-0.4, -0.2) is 15.0 Å². The zero-order valence-corrected chi connectivity index (χ0v) is 28.3. The molecule has 0 atom stereocenters. The van der Waals surface area contributed by atoms with Crippen molar-refractivity contribution in [2.75, 3.05) is 6.61 Å². The highest BCUT2D eigenvalue weighted by Crippen LogP contribution is 2.31. The van der Waals surface area contributed by atoms with E-state index in [-0.39, 0.29) is 22.4 Å². The van der Waals surface area contributed by atoms with Crippen molar-refractivity contribution in [1.29, 1.82) is 0 Å². The van der Waals surface area contributed by atoms with Crippen LogP contribution >= 0.6 is 0 Å². The third-order valence-corrected chi connectivity index (χ3v) is 11.0. The van der Waals surface area contributed by atoms with Gasteiger partial charge in [0.2, 0.25) is 0 Å². The van der Waals surface area contributed by atoms with Crippen LogP contribution in [-0.2, 0) is 31.6 Å². The summed E-state index contributed by atoms with van der Waals surface area (Å²) in [6, 6.07) is 39.1. The summed E-state index contributed by atoms with van der Waals surface area (Å²) in [4.78, 5) is 4.37. The normalized spacial score (nSPS) is 11.2. The molecular weight excluding hydrogens is 581 g/mol. The van der Waals surface area contributed by atoms with Crippen LogP contribution in [0.25, 0.3) is 0 Å². The van der Waals surface area contributed by atoms with Gasteiger partial charge in [0.25, 0.3) is 10.1 Å². The minimum Gasteiger partial charge on any atom is -0.266 e. The Hall–Kier alpha value is -2.86. The van der Waals surface area contributed by atoms with Crippen LogP contribution < -0.4 is 0 Å². The third-order valence-electron chi connectivity index (χ3n) is 7.42. The third kappa shape index (κ3) is 13.0. The summed E-state index contributed by atoms with van der Waals surface area (Å²) in [6.07, 6.45) is 14.6. The van der Waals surface area contributed by atoms with Gasteiger partial charge in [0, 0.05) is 0 Å². The minimum atomic E-state index is -3.57. The summed E-state index contributed by atoms with van der Waals surface area (Å²) < 4.78 is 28.8. The van der Waals surface area contributed by atoms with E-state index in [0.717, 1.165) is 19.3 Å². The van der Waals surface area contributed by atoms with Crippen molar-refractivity contribution in [2.45, 2.75) is 110 Å². The van der Waals surface area contributed by atoms with E-state index in [1.54, 1.807) is 30.3 Å². The van der Waals surface area contributed by atoms with E-state index in [0.29, 0.717) is 0 Å². The van der Waals surface area contributed by atoms with Gasteiger partial charge in [0.1, 0.15) is 0 Å². The van der Waals surface area contributed by atoms with Crippen molar-refractivity contribution in [3.63, 3.8) is 0 Å². The molecule has 0 amide bonds. The van der Waals surface area contributed by atoms with Gasteiger partial charge in [-0.15, -0.1) is 0 Å². The van der Waals surface area contributed by atoms with Gasteiger partial charge in [-0.05, 0) is 66.9 Å². The Kier molecular flexibility index (Phi) is 17.0. The fraction of sp³-hybridized carbons (Fsp3) is 0.385. The zero-order chi connectivity index (χ0) is 31.3. The molecule has 3 nitrogen and oxygen atoms in total. The molecular formula is C39H51O3S2+. The SMILES string of the molecule is CCCCCCCCCCCCOS(=O)(=O)c1ccccc1.CCCc1ccc([S+](c2ccccc2)c2ccccc2)cc1. The zero-order valence-electron chi connectivity index (χ0n) is 26.7. The van der Waals surface area contributed by atoms with Gasteiger partial charge in [-0.1, -0.05) is 145 Å². The van der Waals surface area contributed by atoms with Crippen LogP contribution in [0.15, 0.2) is 135 Å². The number of unbranched alkanes of at least 4 members (excludes halogenated alkanes) is 9. The second-order valence-electron chi connectivity index (χ2n) is 11.1. The highest BCUT2D eigenvalue weighted by atomic mass is 32.2. The summed E-state index contributed by atoms with van der Waals surface area (Å²) in [6.45, 7) is 4.75. The van der Waals surface area contributed by atoms with Crippen molar-refractivity contribution in [3.8, 4) is 0 Å². The lowest BCUT2D eigenvalue weighted by Gasteiger charge is -2.08. The molecule has 0 bridgehead atoms. The molecule has 4 rings (SSSR count). The molecule has 0 unspecified atom stereocenters. The molecule has 0 heterocycles. The van der Waals surface area contributed by atoms with E-state index >= 15 is 0 Å². The molecule has 0 saturated carbocycles.